The molecule has 3 aromatic rings. The number of aromatic nitrogens is 4. The van der Waals surface area contributed by atoms with E-state index in [1.54, 1.807) is 0 Å². The molecule has 2 aliphatic rings. The summed E-state index contributed by atoms with van der Waals surface area (Å²) in [6.07, 6.45) is -11.8. The maximum Gasteiger partial charge on any atom is 0.417 e. The smallest absolute Gasteiger partial charge is 0.417 e. The number of carbonyl (C=O) groups is 2. The van der Waals surface area contributed by atoms with Crippen LogP contribution in [0.25, 0.3) is 0 Å². The molecule has 0 radical (unpaired) electrons. The standard InChI is InChI=1S/C32H32F9N5O3/c1-4-29(33)30(34,35)26(20-14-16(2)8-13-22(20)46(29)28(49)18-11-9-17(10-12-18)15-23(47)48)24(27-42-44-45(3)43-27)19-6-5-7-21(31(36,37)38)25(19)32(39,40)41/h5-8,13-14,17-18,24,26H,4,9-12,15H2,1-3H3,(H,47,48). The molecular formula is C32H32F9N5O3. The van der Waals surface area contributed by atoms with E-state index < -0.39 is 93.9 Å². The fraction of sp³-hybridized carbons (Fsp3) is 0.531. The zero-order valence-electron chi connectivity index (χ0n) is 26.4. The molecule has 49 heavy (non-hydrogen) atoms. The first kappa shape index (κ1) is 36.1. The molecule has 1 fully saturated rings. The summed E-state index contributed by atoms with van der Waals surface area (Å²) in [6.45, 7) is 2.48. The summed E-state index contributed by atoms with van der Waals surface area (Å²) in [5.41, 5.74) is -6.28. The van der Waals surface area contributed by atoms with Crippen LogP contribution in [0.15, 0.2) is 36.4 Å². The van der Waals surface area contributed by atoms with E-state index in [1.165, 1.54) is 26.1 Å². The molecule has 2 aromatic carbocycles. The minimum Gasteiger partial charge on any atom is -0.481 e. The third-order valence-electron chi connectivity index (χ3n) is 9.52. The monoisotopic (exact) mass is 705 g/mol. The Morgan fingerprint density at radius 1 is 1.00 bits per heavy atom. The highest BCUT2D eigenvalue weighted by atomic mass is 19.4. The molecule has 266 valence electrons. The minimum atomic E-state index is -5.72. The number of benzene rings is 2. The average molecular weight is 706 g/mol. The van der Waals surface area contributed by atoms with Crippen LogP contribution in [0.4, 0.5) is 45.2 Å². The molecule has 0 bridgehead atoms. The third-order valence-corrected chi connectivity index (χ3v) is 9.52. The van der Waals surface area contributed by atoms with Gasteiger partial charge < -0.3 is 5.11 Å². The van der Waals surface area contributed by atoms with Gasteiger partial charge in [0.25, 0.3) is 5.79 Å². The average Bonchev–Trinajstić information content (AvgIpc) is 3.44. The largest absolute Gasteiger partial charge is 0.481 e. The summed E-state index contributed by atoms with van der Waals surface area (Å²) < 4.78 is 138. The first-order valence-corrected chi connectivity index (χ1v) is 15.5. The number of halogens is 9. The van der Waals surface area contributed by atoms with Crippen LogP contribution in [0.2, 0.25) is 0 Å². The number of carboxylic acids is 1. The molecule has 3 unspecified atom stereocenters. The van der Waals surface area contributed by atoms with Gasteiger partial charge in [-0.1, -0.05) is 36.8 Å². The van der Waals surface area contributed by atoms with Crippen LogP contribution in [0.5, 0.6) is 0 Å². The Hall–Kier alpha value is -4.18. The summed E-state index contributed by atoms with van der Waals surface area (Å²) in [6, 6.07) is 5.11. The van der Waals surface area contributed by atoms with Crippen molar-refractivity contribution in [2.24, 2.45) is 18.9 Å². The molecule has 8 nitrogen and oxygen atoms in total. The van der Waals surface area contributed by atoms with E-state index in [-0.39, 0.29) is 49.7 Å². The van der Waals surface area contributed by atoms with Gasteiger partial charge in [-0.15, -0.1) is 10.2 Å². The zero-order valence-corrected chi connectivity index (χ0v) is 26.4. The summed E-state index contributed by atoms with van der Waals surface area (Å²) in [5, 5.41) is 20.2. The fourth-order valence-electron chi connectivity index (χ4n) is 7.29. The van der Waals surface area contributed by atoms with Crippen molar-refractivity contribution in [3.05, 3.63) is 70.0 Å². The normalized spacial score (nSPS) is 24.7. The van der Waals surface area contributed by atoms with Gasteiger partial charge in [0.15, 0.2) is 5.82 Å². The predicted molar refractivity (Wildman–Crippen MR) is 155 cm³/mol. The van der Waals surface area contributed by atoms with Gasteiger partial charge in [-0.3, -0.25) is 14.5 Å². The number of aryl methyl sites for hydroxylation is 2. The van der Waals surface area contributed by atoms with E-state index in [0.29, 0.717) is 17.0 Å². The van der Waals surface area contributed by atoms with Gasteiger partial charge >= 0.3 is 24.2 Å². The van der Waals surface area contributed by atoms with Crippen LogP contribution < -0.4 is 4.90 Å². The topological polar surface area (TPSA) is 101 Å². The molecule has 2 heterocycles. The van der Waals surface area contributed by atoms with Crippen molar-refractivity contribution < 1.29 is 54.2 Å². The summed E-state index contributed by atoms with van der Waals surface area (Å²) in [4.78, 5) is 26.3. The van der Waals surface area contributed by atoms with E-state index in [9.17, 15) is 35.9 Å². The van der Waals surface area contributed by atoms with Gasteiger partial charge in [-0.25, -0.2) is 13.2 Å². The molecule has 1 aromatic heterocycles. The molecule has 3 atom stereocenters. The van der Waals surface area contributed by atoms with Gasteiger partial charge in [0, 0.05) is 18.8 Å². The van der Waals surface area contributed by atoms with Crippen molar-refractivity contribution in [3.8, 4) is 0 Å². The Labute approximate surface area is 274 Å². The number of alkyl halides is 9. The second-order valence-corrected chi connectivity index (χ2v) is 12.6. The number of hydrogen-bond acceptors (Lipinski definition) is 5. The van der Waals surface area contributed by atoms with Crippen LogP contribution in [-0.2, 0) is 29.0 Å². The van der Waals surface area contributed by atoms with E-state index in [2.05, 4.69) is 15.4 Å². The number of rotatable bonds is 7. The van der Waals surface area contributed by atoms with Crippen molar-refractivity contribution in [1.29, 1.82) is 0 Å². The van der Waals surface area contributed by atoms with Crippen LogP contribution in [0.3, 0.4) is 0 Å². The molecule has 1 N–H and O–H groups in total. The molecule has 1 saturated carbocycles. The van der Waals surface area contributed by atoms with Crippen LogP contribution in [0, 0.1) is 18.8 Å². The van der Waals surface area contributed by atoms with Crippen LogP contribution >= 0.6 is 0 Å². The van der Waals surface area contributed by atoms with Gasteiger partial charge in [-0.05, 0) is 67.0 Å². The molecule has 0 saturated heterocycles. The van der Waals surface area contributed by atoms with Crippen molar-refractivity contribution in [3.63, 3.8) is 0 Å². The Morgan fingerprint density at radius 3 is 2.18 bits per heavy atom. The van der Waals surface area contributed by atoms with E-state index >= 15 is 13.2 Å². The zero-order chi connectivity index (χ0) is 36.3. The second-order valence-electron chi connectivity index (χ2n) is 12.6. The van der Waals surface area contributed by atoms with Crippen molar-refractivity contribution >= 4 is 17.6 Å². The molecule has 1 aliphatic carbocycles. The van der Waals surface area contributed by atoms with Gasteiger partial charge in [0.05, 0.1) is 35.7 Å². The van der Waals surface area contributed by atoms with E-state index in [0.717, 1.165) is 17.8 Å². The predicted octanol–water partition coefficient (Wildman–Crippen LogP) is 7.81. The van der Waals surface area contributed by atoms with E-state index in [4.69, 9.17) is 5.11 Å². The third kappa shape index (κ3) is 6.35. The first-order valence-electron chi connectivity index (χ1n) is 15.5. The lowest BCUT2D eigenvalue weighted by Gasteiger charge is -2.52. The summed E-state index contributed by atoms with van der Waals surface area (Å²) >= 11 is 0. The van der Waals surface area contributed by atoms with Gasteiger partial charge in [-0.2, -0.15) is 31.1 Å². The summed E-state index contributed by atoms with van der Waals surface area (Å²) in [5.74, 6) is -17.9. The highest BCUT2D eigenvalue weighted by Gasteiger charge is 2.70. The molecule has 1 amide bonds. The maximum absolute atomic E-state index is 17.4. The quantitative estimate of drug-likeness (QED) is 0.199. The number of nitrogens with zero attached hydrogens (tertiary/aromatic N) is 5. The first-order chi connectivity index (χ1) is 22.7. The maximum atomic E-state index is 17.4. The number of tetrazole rings is 1. The number of fused-ring (bicyclic) bond motifs is 1. The van der Waals surface area contributed by atoms with Crippen molar-refractivity contribution in [1.82, 2.24) is 20.2 Å². The summed E-state index contributed by atoms with van der Waals surface area (Å²) in [7, 11) is 1.17. The van der Waals surface area contributed by atoms with Gasteiger partial charge in [0.1, 0.15) is 0 Å². The second kappa shape index (κ2) is 12.6. The fourth-order valence-corrected chi connectivity index (χ4v) is 7.29. The number of anilines is 1. The lowest BCUT2D eigenvalue weighted by molar-refractivity contribution is -0.174. The number of carbonyl (C=O) groups excluding carboxylic acids is 1. The number of aliphatic carboxylic acids is 1. The number of amides is 1. The molecule has 5 rings (SSSR count). The van der Waals surface area contributed by atoms with E-state index in [1.807, 2.05) is 0 Å². The molecule has 1 aliphatic heterocycles. The van der Waals surface area contributed by atoms with Crippen molar-refractivity contribution in [2.75, 3.05) is 4.90 Å². The Kier molecular flexibility index (Phi) is 9.29. The lowest BCUT2D eigenvalue weighted by atomic mass is 9.68. The number of hydrogen-bond donors (Lipinski definition) is 1. The highest BCUT2D eigenvalue weighted by molar-refractivity contribution is 5.98. The van der Waals surface area contributed by atoms with Gasteiger partial charge in [0.2, 0.25) is 5.91 Å². The molecule has 0 spiro atoms. The Morgan fingerprint density at radius 2 is 1.65 bits per heavy atom. The Balaban J connectivity index is 1.77. The van der Waals surface area contributed by atoms with Crippen LogP contribution in [0.1, 0.15) is 90.9 Å². The SMILES string of the molecule is CCC1(F)N(C(=O)C2CCC(CC(=O)O)CC2)c2ccc(C)cc2C(C(c2nnn(C)n2)c2cccc(C(F)(F)F)c2C(F)(F)F)C1(F)F. The molecular weight excluding hydrogens is 673 g/mol. The highest BCUT2D eigenvalue weighted by Crippen LogP contribution is 2.62. The Bertz CT molecular complexity index is 1730. The minimum absolute atomic E-state index is 0.0780. The number of carboxylic acid groups (broad SMARTS) is 1. The molecule has 17 heteroatoms. The van der Waals surface area contributed by atoms with Crippen LogP contribution in [-0.4, -0.2) is 48.9 Å². The van der Waals surface area contributed by atoms with Crippen molar-refractivity contribution in [2.45, 2.75) is 88.3 Å². The lowest BCUT2D eigenvalue weighted by Crippen LogP contribution is -2.66.